The maximum Gasteiger partial charge on any atom is 0.473 e. The van der Waals surface area contributed by atoms with Gasteiger partial charge in [0.05, 0.1) is 13.2 Å². The standard InChI is InChI=1S/C36H46F3N7O7/c1-34(2,3)52-32(48)42-28(40)24-10-14-26(15-11-24)50-22-8-7-18-45-20-21-46(31(45)44-30(47)36(37,38)39)19-9-23-51-27-16-12-25(13-17-27)29(41)43-33(49)53-35(4,5)6/h10-17,20-21H,7-9,18-19,22-23H2,1-6H3,(H2,40,42,48)(H2,41,43,49). The second-order valence-corrected chi connectivity index (χ2v) is 13.7. The molecule has 0 spiro atoms. The lowest BCUT2D eigenvalue weighted by Crippen LogP contribution is -2.31. The molecule has 14 nitrogen and oxygen atoms in total. The summed E-state index contributed by atoms with van der Waals surface area (Å²) in [7, 11) is 0. The van der Waals surface area contributed by atoms with Crippen LogP contribution in [0, 0.1) is 0 Å². The van der Waals surface area contributed by atoms with Crippen molar-refractivity contribution in [3.05, 3.63) is 77.7 Å². The molecule has 0 unspecified atom stereocenters. The number of aliphatic imine (C=N–C) groups is 2. The zero-order valence-corrected chi connectivity index (χ0v) is 30.6. The Morgan fingerprint density at radius 3 is 1.43 bits per heavy atom. The lowest BCUT2D eigenvalue weighted by atomic mass is 10.2. The van der Waals surface area contributed by atoms with Crippen molar-refractivity contribution in [1.29, 1.82) is 0 Å². The zero-order chi connectivity index (χ0) is 39.4. The first-order chi connectivity index (χ1) is 24.7. The van der Waals surface area contributed by atoms with Crippen LogP contribution >= 0.6 is 0 Å². The fraction of sp³-hybridized carbons (Fsp3) is 0.444. The Morgan fingerprint density at radius 2 is 1.04 bits per heavy atom. The van der Waals surface area contributed by atoms with Crippen LogP contribution in [-0.2, 0) is 27.4 Å². The third-order valence-corrected chi connectivity index (χ3v) is 6.77. The molecule has 53 heavy (non-hydrogen) atoms. The minimum Gasteiger partial charge on any atom is -0.494 e. The smallest absolute Gasteiger partial charge is 0.473 e. The fourth-order valence-corrected chi connectivity index (χ4v) is 4.43. The number of hydrogen-bond acceptors (Lipinski definition) is 7. The van der Waals surface area contributed by atoms with E-state index in [0.717, 1.165) is 0 Å². The highest BCUT2D eigenvalue weighted by Gasteiger charge is 2.38. The van der Waals surface area contributed by atoms with Gasteiger partial charge in [0.2, 0.25) is 5.62 Å². The van der Waals surface area contributed by atoms with Crippen LogP contribution in [-0.4, -0.2) is 69.5 Å². The second-order valence-electron chi connectivity index (χ2n) is 13.7. The van der Waals surface area contributed by atoms with E-state index in [4.69, 9.17) is 30.4 Å². The number of rotatable bonds is 13. The summed E-state index contributed by atoms with van der Waals surface area (Å²) in [6, 6.07) is 13.1. The number of nitrogens with zero attached hydrogens (tertiary/aromatic N) is 5. The van der Waals surface area contributed by atoms with Gasteiger partial charge >= 0.3 is 24.3 Å². The summed E-state index contributed by atoms with van der Waals surface area (Å²) in [6.45, 7) is 11.3. The second kappa shape index (κ2) is 18.2. The van der Waals surface area contributed by atoms with E-state index in [-0.39, 0.29) is 37.0 Å². The molecule has 0 radical (unpaired) electrons. The Hall–Kier alpha value is -5.61. The fourth-order valence-electron chi connectivity index (χ4n) is 4.43. The number of carbonyl (C=O) groups excluding carboxylic acids is 3. The van der Waals surface area contributed by atoms with E-state index in [1.54, 1.807) is 102 Å². The predicted molar refractivity (Wildman–Crippen MR) is 191 cm³/mol. The Kier molecular flexibility index (Phi) is 14.4. The van der Waals surface area contributed by atoms with Gasteiger partial charge in [-0.05, 0) is 109 Å². The van der Waals surface area contributed by atoms with Gasteiger partial charge in [-0.3, -0.25) is 4.79 Å². The van der Waals surface area contributed by atoms with Gasteiger partial charge in [0.1, 0.15) is 34.4 Å². The van der Waals surface area contributed by atoms with E-state index in [1.165, 1.54) is 9.13 Å². The Balaban J connectivity index is 1.53. The average Bonchev–Trinajstić information content (AvgIpc) is 3.41. The van der Waals surface area contributed by atoms with Crippen LogP contribution in [0.1, 0.15) is 71.9 Å². The number of nitrogens with two attached hydrogens (primary N) is 2. The molecule has 2 aromatic carbocycles. The average molecular weight is 746 g/mol. The highest BCUT2D eigenvalue weighted by molar-refractivity contribution is 6.03. The van der Waals surface area contributed by atoms with E-state index >= 15 is 0 Å². The van der Waals surface area contributed by atoms with Crippen LogP contribution in [0.5, 0.6) is 11.5 Å². The van der Waals surface area contributed by atoms with Crippen LogP contribution in [0.25, 0.3) is 0 Å². The van der Waals surface area contributed by atoms with E-state index in [0.29, 0.717) is 48.5 Å². The first-order valence-electron chi connectivity index (χ1n) is 16.7. The topological polar surface area (TPSA) is 187 Å². The maximum atomic E-state index is 13.1. The zero-order valence-electron chi connectivity index (χ0n) is 30.6. The van der Waals surface area contributed by atoms with Crippen LogP contribution in [0.3, 0.4) is 0 Å². The van der Waals surface area contributed by atoms with Crippen molar-refractivity contribution in [2.75, 3.05) is 13.2 Å². The van der Waals surface area contributed by atoms with Gasteiger partial charge < -0.3 is 39.5 Å². The number of aryl methyl sites for hydroxylation is 2. The minimum atomic E-state index is -5.13. The molecular formula is C36H46F3N7O7. The molecule has 0 saturated heterocycles. The van der Waals surface area contributed by atoms with Gasteiger partial charge in [0.15, 0.2) is 0 Å². The Labute approximate surface area is 305 Å². The normalized spacial score (nSPS) is 13.1. The predicted octanol–water partition coefficient (Wildman–Crippen LogP) is 5.89. The minimum absolute atomic E-state index is 0.00571. The quantitative estimate of drug-likeness (QED) is 0.122. The lowest BCUT2D eigenvalue weighted by Gasteiger charge is -2.17. The van der Waals surface area contributed by atoms with Gasteiger partial charge in [-0.2, -0.15) is 28.1 Å². The van der Waals surface area contributed by atoms with Crippen molar-refractivity contribution in [3.8, 4) is 11.5 Å². The van der Waals surface area contributed by atoms with Crippen LogP contribution in [0.2, 0.25) is 0 Å². The molecule has 0 saturated carbocycles. The molecule has 4 N–H and O–H groups in total. The number of amides is 3. The molecular weight excluding hydrogens is 699 g/mol. The molecule has 1 aromatic heterocycles. The largest absolute Gasteiger partial charge is 0.494 e. The van der Waals surface area contributed by atoms with Crippen molar-refractivity contribution in [1.82, 2.24) is 9.13 Å². The summed E-state index contributed by atoms with van der Waals surface area (Å²) in [5, 5.41) is 0. The third kappa shape index (κ3) is 14.9. The first kappa shape index (κ1) is 41.8. The summed E-state index contributed by atoms with van der Waals surface area (Å²) >= 11 is 0. The molecule has 3 rings (SSSR count). The SMILES string of the molecule is CC(C)(C)OC(=O)/N=C(\N)c1ccc(OCCCCn2ccn(CCCOc3ccc(/C(N)=N/C(=O)OC(C)(C)C)cc3)c2=NC(=O)C(F)(F)F)cc1. The van der Waals surface area contributed by atoms with Gasteiger partial charge in [0, 0.05) is 36.6 Å². The molecule has 0 atom stereocenters. The molecule has 288 valence electrons. The monoisotopic (exact) mass is 745 g/mol. The van der Waals surface area contributed by atoms with Crippen LogP contribution < -0.4 is 26.6 Å². The maximum absolute atomic E-state index is 13.1. The first-order valence-corrected chi connectivity index (χ1v) is 16.7. The number of halogens is 3. The number of alkyl halides is 3. The van der Waals surface area contributed by atoms with E-state index in [2.05, 4.69) is 15.0 Å². The summed E-state index contributed by atoms with van der Waals surface area (Å²) in [6.07, 6.45) is -2.18. The molecule has 0 aliphatic rings. The highest BCUT2D eigenvalue weighted by atomic mass is 19.4. The van der Waals surface area contributed by atoms with Crippen LogP contribution in [0.15, 0.2) is 75.9 Å². The molecule has 0 aliphatic carbocycles. The number of unbranched alkanes of at least 4 members (excludes halogenated alkanes) is 1. The number of ether oxygens (including phenoxy) is 4. The molecule has 3 aromatic rings. The summed E-state index contributed by atoms with van der Waals surface area (Å²) < 4.78 is 64.1. The van der Waals surface area contributed by atoms with Gasteiger partial charge in [-0.15, -0.1) is 0 Å². The van der Waals surface area contributed by atoms with Gasteiger partial charge in [-0.1, -0.05) is 0 Å². The molecule has 3 amide bonds. The molecule has 1 heterocycles. The molecule has 0 bridgehead atoms. The number of benzene rings is 2. The van der Waals surface area contributed by atoms with Crippen LogP contribution in [0.4, 0.5) is 22.8 Å². The summed E-state index contributed by atoms with van der Waals surface area (Å²) in [4.78, 5) is 46.5. The van der Waals surface area contributed by atoms with Crippen molar-refractivity contribution in [2.45, 2.75) is 91.3 Å². The van der Waals surface area contributed by atoms with E-state index in [9.17, 15) is 27.6 Å². The number of imidazole rings is 1. The van der Waals surface area contributed by atoms with Gasteiger partial charge in [0.25, 0.3) is 0 Å². The summed E-state index contributed by atoms with van der Waals surface area (Å²) in [5.74, 6) is -1.20. The van der Waals surface area contributed by atoms with Crippen molar-refractivity contribution in [2.24, 2.45) is 26.4 Å². The van der Waals surface area contributed by atoms with Crippen molar-refractivity contribution in [3.63, 3.8) is 0 Å². The number of amidine groups is 2. The lowest BCUT2D eigenvalue weighted by molar-refractivity contribution is -0.169. The van der Waals surface area contributed by atoms with E-state index < -0.39 is 35.5 Å². The Morgan fingerprint density at radius 1 is 0.642 bits per heavy atom. The molecule has 17 heteroatoms. The molecule has 0 aliphatic heterocycles. The number of hydrogen-bond donors (Lipinski definition) is 2. The summed E-state index contributed by atoms with van der Waals surface area (Å²) in [5.41, 5.74) is 11.3. The third-order valence-electron chi connectivity index (χ3n) is 6.77. The van der Waals surface area contributed by atoms with Crippen molar-refractivity contribution < 1.29 is 46.5 Å². The molecule has 0 fully saturated rings. The number of aromatic nitrogens is 2. The van der Waals surface area contributed by atoms with E-state index in [1.807, 2.05) is 0 Å². The number of carbonyl (C=O) groups is 3. The van der Waals surface area contributed by atoms with Crippen molar-refractivity contribution >= 4 is 29.8 Å². The highest BCUT2D eigenvalue weighted by Crippen LogP contribution is 2.17. The Bertz CT molecular complexity index is 1830. The van der Waals surface area contributed by atoms with Gasteiger partial charge in [-0.25, -0.2) is 9.59 Å².